The number of nitrogens with zero attached hydrogens (tertiary/aromatic N) is 4. The van der Waals surface area contributed by atoms with Crippen LogP contribution in [-0.2, 0) is 10.0 Å². The fourth-order valence-corrected chi connectivity index (χ4v) is 3.56. The molecule has 1 aliphatic carbocycles. The summed E-state index contributed by atoms with van der Waals surface area (Å²) in [5.41, 5.74) is 0. The number of anilines is 1. The van der Waals surface area contributed by atoms with Crippen molar-refractivity contribution in [3.8, 4) is 0 Å². The standard InChI is InChI=1S/C14H22N4O2S/c1-17(21(2,19)20)12-6-9-18(10-7-12)13-5-8-15-14(16-13)11-3-4-11/h5,8,11-12H,3-4,6-7,9-10H2,1-2H3. The van der Waals surface area contributed by atoms with Crippen molar-refractivity contribution in [2.24, 2.45) is 0 Å². The van der Waals surface area contributed by atoms with Gasteiger partial charge in [-0.3, -0.25) is 0 Å². The average molecular weight is 310 g/mol. The lowest BCUT2D eigenvalue weighted by Crippen LogP contribution is -2.45. The summed E-state index contributed by atoms with van der Waals surface area (Å²) in [7, 11) is -1.43. The van der Waals surface area contributed by atoms with Crippen molar-refractivity contribution in [1.29, 1.82) is 0 Å². The van der Waals surface area contributed by atoms with E-state index < -0.39 is 10.0 Å². The molecule has 7 heteroatoms. The molecule has 0 N–H and O–H groups in total. The Hall–Kier alpha value is -1.21. The van der Waals surface area contributed by atoms with E-state index >= 15 is 0 Å². The first-order valence-corrected chi connectivity index (χ1v) is 9.31. The molecule has 116 valence electrons. The van der Waals surface area contributed by atoms with E-state index in [0.29, 0.717) is 5.92 Å². The predicted octanol–water partition coefficient (Wildman–Crippen LogP) is 1.21. The van der Waals surface area contributed by atoms with Gasteiger partial charge < -0.3 is 4.90 Å². The van der Waals surface area contributed by atoms with Gasteiger partial charge in [0, 0.05) is 38.3 Å². The van der Waals surface area contributed by atoms with Gasteiger partial charge in [0.25, 0.3) is 0 Å². The summed E-state index contributed by atoms with van der Waals surface area (Å²) in [5.74, 6) is 2.49. The van der Waals surface area contributed by atoms with Crippen LogP contribution in [0.5, 0.6) is 0 Å². The van der Waals surface area contributed by atoms with Crippen molar-refractivity contribution in [3.63, 3.8) is 0 Å². The predicted molar refractivity (Wildman–Crippen MR) is 81.8 cm³/mol. The topological polar surface area (TPSA) is 66.4 Å². The molecule has 0 amide bonds. The van der Waals surface area contributed by atoms with Crippen LogP contribution in [0.3, 0.4) is 0 Å². The van der Waals surface area contributed by atoms with Crippen LogP contribution in [0.1, 0.15) is 37.4 Å². The van der Waals surface area contributed by atoms with Crippen LogP contribution in [0, 0.1) is 0 Å². The highest BCUT2D eigenvalue weighted by molar-refractivity contribution is 7.88. The van der Waals surface area contributed by atoms with Gasteiger partial charge in [-0.05, 0) is 31.7 Å². The normalized spacial score (nSPS) is 21.0. The molecule has 2 heterocycles. The minimum absolute atomic E-state index is 0.0981. The quantitative estimate of drug-likeness (QED) is 0.836. The summed E-state index contributed by atoms with van der Waals surface area (Å²) in [4.78, 5) is 11.2. The summed E-state index contributed by atoms with van der Waals surface area (Å²) < 4.78 is 24.7. The lowest BCUT2D eigenvalue weighted by Gasteiger charge is -2.36. The molecule has 1 saturated carbocycles. The van der Waals surface area contributed by atoms with Crippen LogP contribution in [0.25, 0.3) is 0 Å². The molecule has 0 bridgehead atoms. The highest BCUT2D eigenvalue weighted by Gasteiger charge is 2.29. The largest absolute Gasteiger partial charge is 0.356 e. The van der Waals surface area contributed by atoms with Crippen LogP contribution < -0.4 is 4.90 Å². The second kappa shape index (κ2) is 5.53. The van der Waals surface area contributed by atoms with Gasteiger partial charge in [0.1, 0.15) is 11.6 Å². The van der Waals surface area contributed by atoms with Gasteiger partial charge in [-0.2, -0.15) is 0 Å². The van der Waals surface area contributed by atoms with Gasteiger partial charge in [0.2, 0.25) is 10.0 Å². The molecule has 1 aromatic rings. The molecule has 0 aromatic carbocycles. The molecule has 6 nitrogen and oxygen atoms in total. The maximum absolute atomic E-state index is 11.6. The van der Waals surface area contributed by atoms with Crippen LogP contribution in [0.15, 0.2) is 12.3 Å². The van der Waals surface area contributed by atoms with Gasteiger partial charge >= 0.3 is 0 Å². The van der Waals surface area contributed by atoms with Gasteiger partial charge in [-0.15, -0.1) is 0 Å². The average Bonchev–Trinajstić information content (AvgIpc) is 3.30. The minimum atomic E-state index is -3.11. The van der Waals surface area contributed by atoms with E-state index in [1.165, 1.54) is 23.4 Å². The van der Waals surface area contributed by atoms with Crippen molar-refractivity contribution < 1.29 is 8.42 Å². The molecule has 0 atom stereocenters. The zero-order valence-electron chi connectivity index (χ0n) is 12.6. The van der Waals surface area contributed by atoms with E-state index in [9.17, 15) is 8.42 Å². The Bertz CT molecular complexity index is 607. The zero-order chi connectivity index (χ0) is 15.0. The number of aromatic nitrogens is 2. The maximum atomic E-state index is 11.6. The number of piperidine rings is 1. The minimum Gasteiger partial charge on any atom is -0.356 e. The Morgan fingerprint density at radius 1 is 1.24 bits per heavy atom. The Kier molecular flexibility index (Phi) is 3.88. The van der Waals surface area contributed by atoms with Crippen LogP contribution >= 0.6 is 0 Å². The third-order valence-electron chi connectivity index (χ3n) is 4.43. The molecule has 1 aliphatic heterocycles. The summed E-state index contributed by atoms with van der Waals surface area (Å²) in [6, 6.07) is 2.05. The Balaban J connectivity index is 1.64. The Morgan fingerprint density at radius 2 is 1.90 bits per heavy atom. The lowest BCUT2D eigenvalue weighted by molar-refractivity contribution is 0.313. The van der Waals surface area contributed by atoms with Gasteiger partial charge in [0.15, 0.2) is 0 Å². The number of sulfonamides is 1. The van der Waals surface area contributed by atoms with E-state index in [-0.39, 0.29) is 6.04 Å². The molecular weight excluding hydrogens is 288 g/mol. The first-order chi connectivity index (χ1) is 9.95. The van der Waals surface area contributed by atoms with Crippen LogP contribution in [-0.4, -0.2) is 55.1 Å². The van der Waals surface area contributed by atoms with Gasteiger partial charge in [-0.1, -0.05) is 0 Å². The fourth-order valence-electron chi connectivity index (χ4n) is 2.81. The van der Waals surface area contributed by atoms with Crippen LogP contribution in [0.2, 0.25) is 0 Å². The van der Waals surface area contributed by atoms with Gasteiger partial charge in [0.05, 0.1) is 6.26 Å². The smallest absolute Gasteiger partial charge is 0.211 e. The summed E-state index contributed by atoms with van der Waals surface area (Å²) >= 11 is 0. The highest BCUT2D eigenvalue weighted by atomic mass is 32.2. The summed E-state index contributed by atoms with van der Waals surface area (Å²) in [5, 5.41) is 0. The molecule has 2 aliphatic rings. The molecule has 0 spiro atoms. The summed E-state index contributed by atoms with van der Waals surface area (Å²) in [6.07, 6.45) is 7.18. The first-order valence-electron chi connectivity index (χ1n) is 7.46. The van der Waals surface area contributed by atoms with E-state index in [1.54, 1.807) is 7.05 Å². The lowest BCUT2D eigenvalue weighted by atomic mass is 10.1. The van der Waals surface area contributed by atoms with E-state index in [4.69, 9.17) is 0 Å². The third kappa shape index (κ3) is 3.35. The third-order valence-corrected chi connectivity index (χ3v) is 5.77. The van der Waals surface area contributed by atoms with E-state index in [2.05, 4.69) is 14.9 Å². The maximum Gasteiger partial charge on any atom is 0.211 e. The molecule has 2 fully saturated rings. The van der Waals surface area contributed by atoms with E-state index in [0.717, 1.165) is 37.6 Å². The second-order valence-corrected chi connectivity index (χ2v) is 8.09. The van der Waals surface area contributed by atoms with Crippen molar-refractivity contribution >= 4 is 15.8 Å². The zero-order valence-corrected chi connectivity index (χ0v) is 13.4. The molecule has 1 saturated heterocycles. The first kappa shape index (κ1) is 14.7. The molecule has 3 rings (SSSR count). The van der Waals surface area contributed by atoms with Crippen molar-refractivity contribution in [3.05, 3.63) is 18.1 Å². The second-order valence-electron chi connectivity index (χ2n) is 6.04. The molecule has 21 heavy (non-hydrogen) atoms. The molecule has 1 aromatic heterocycles. The van der Waals surface area contributed by atoms with Crippen molar-refractivity contribution in [2.75, 3.05) is 31.3 Å². The Labute approximate surface area is 126 Å². The number of hydrogen-bond acceptors (Lipinski definition) is 5. The highest BCUT2D eigenvalue weighted by Crippen LogP contribution is 2.38. The molecule has 0 unspecified atom stereocenters. The van der Waals surface area contributed by atoms with Crippen molar-refractivity contribution in [1.82, 2.24) is 14.3 Å². The number of hydrogen-bond donors (Lipinski definition) is 0. The van der Waals surface area contributed by atoms with Gasteiger partial charge in [-0.25, -0.2) is 22.7 Å². The van der Waals surface area contributed by atoms with E-state index in [1.807, 2.05) is 12.3 Å². The molecule has 0 radical (unpaired) electrons. The monoisotopic (exact) mass is 310 g/mol. The van der Waals surface area contributed by atoms with Crippen LogP contribution in [0.4, 0.5) is 5.82 Å². The Morgan fingerprint density at radius 3 is 2.48 bits per heavy atom. The fraction of sp³-hybridized carbons (Fsp3) is 0.714. The SMILES string of the molecule is CN(C1CCN(c2ccnc(C3CC3)n2)CC1)S(C)(=O)=O. The number of rotatable bonds is 4. The molecular formula is C14H22N4O2S. The van der Waals surface area contributed by atoms with Crippen molar-refractivity contribution in [2.45, 2.75) is 37.6 Å². The summed E-state index contributed by atoms with van der Waals surface area (Å²) in [6.45, 7) is 1.68.